The number of allylic oxidation sites excluding steroid dienone is 1. The largest absolute Gasteiger partial charge is 0.510 e. The Kier molecular flexibility index (Phi) is 5.72. The Hall–Kier alpha value is -3.45. The van der Waals surface area contributed by atoms with E-state index in [0.717, 1.165) is 10.2 Å². The molecule has 2 aromatic carbocycles. The number of fused-ring (bicyclic) bond motifs is 2. The van der Waals surface area contributed by atoms with Crippen molar-refractivity contribution in [2.75, 3.05) is 0 Å². The second-order valence-corrected chi connectivity index (χ2v) is 10.4. The number of thioether (sulfide) groups is 1. The molecule has 162 valence electrons. The van der Waals surface area contributed by atoms with Gasteiger partial charge >= 0.3 is 0 Å². The molecule has 0 saturated carbocycles. The lowest BCUT2D eigenvalue weighted by molar-refractivity contribution is 0.402. The Morgan fingerprint density at radius 1 is 1.12 bits per heavy atom. The molecule has 0 bridgehead atoms. The highest BCUT2D eigenvalue weighted by Gasteiger charge is 2.23. The third-order valence-electron chi connectivity index (χ3n) is 5.02. The monoisotopic (exact) mass is 488 g/mol. The van der Waals surface area contributed by atoms with E-state index in [2.05, 4.69) is 11.1 Å². The number of thiophene rings is 1. The SMILES string of the molecule is CC(Sc1nc2sccc2c(=O)n1-c1ccccc1)/C(O)=C(\C#N)c1nc2ccccc2s1. The van der Waals surface area contributed by atoms with Crippen LogP contribution in [-0.2, 0) is 0 Å². The van der Waals surface area contributed by atoms with E-state index >= 15 is 0 Å². The van der Waals surface area contributed by atoms with Gasteiger partial charge in [-0.15, -0.1) is 22.7 Å². The fraction of sp³-hybridized carbons (Fsp3) is 0.0833. The van der Waals surface area contributed by atoms with E-state index in [0.29, 0.717) is 26.1 Å². The molecule has 0 amide bonds. The van der Waals surface area contributed by atoms with Crippen LogP contribution in [0.3, 0.4) is 0 Å². The Bertz CT molecular complexity index is 1580. The predicted octanol–water partition coefficient (Wildman–Crippen LogP) is 6.03. The van der Waals surface area contributed by atoms with Crippen molar-refractivity contribution in [3.63, 3.8) is 0 Å². The zero-order valence-corrected chi connectivity index (χ0v) is 19.7. The molecule has 0 fully saturated rings. The van der Waals surface area contributed by atoms with Crippen LogP contribution in [0.4, 0.5) is 0 Å². The number of aliphatic hydroxyl groups is 1. The van der Waals surface area contributed by atoms with Crippen LogP contribution in [0.2, 0.25) is 0 Å². The number of benzene rings is 2. The van der Waals surface area contributed by atoms with Gasteiger partial charge in [0.25, 0.3) is 5.56 Å². The normalized spacial score (nSPS) is 13.1. The number of thiazole rings is 1. The number of aromatic nitrogens is 3. The summed E-state index contributed by atoms with van der Waals surface area (Å²) in [7, 11) is 0. The van der Waals surface area contributed by atoms with E-state index in [-0.39, 0.29) is 16.9 Å². The van der Waals surface area contributed by atoms with Crippen LogP contribution < -0.4 is 5.56 Å². The molecule has 3 heterocycles. The van der Waals surface area contributed by atoms with Gasteiger partial charge in [-0.1, -0.05) is 42.1 Å². The van der Waals surface area contributed by atoms with Gasteiger partial charge in [0.15, 0.2) is 5.16 Å². The second-order valence-electron chi connectivity index (χ2n) is 7.13. The maximum Gasteiger partial charge on any atom is 0.267 e. The summed E-state index contributed by atoms with van der Waals surface area (Å²) in [4.78, 5) is 23.1. The van der Waals surface area contributed by atoms with Gasteiger partial charge in [-0.3, -0.25) is 9.36 Å². The van der Waals surface area contributed by atoms with E-state index in [9.17, 15) is 15.2 Å². The Morgan fingerprint density at radius 3 is 2.64 bits per heavy atom. The Morgan fingerprint density at radius 2 is 1.88 bits per heavy atom. The molecule has 3 aromatic heterocycles. The van der Waals surface area contributed by atoms with Crippen LogP contribution >= 0.6 is 34.4 Å². The molecule has 1 N–H and O–H groups in total. The minimum atomic E-state index is -0.536. The van der Waals surface area contributed by atoms with Crippen LogP contribution in [0, 0.1) is 11.3 Å². The van der Waals surface area contributed by atoms with Gasteiger partial charge in [0.05, 0.1) is 26.5 Å². The summed E-state index contributed by atoms with van der Waals surface area (Å²) >= 11 is 3.98. The summed E-state index contributed by atoms with van der Waals surface area (Å²) in [6, 6.07) is 20.7. The van der Waals surface area contributed by atoms with Gasteiger partial charge < -0.3 is 5.11 Å². The summed E-state index contributed by atoms with van der Waals surface area (Å²) in [6.07, 6.45) is 0. The van der Waals surface area contributed by atoms with Gasteiger partial charge in [-0.25, -0.2) is 9.97 Å². The van der Waals surface area contributed by atoms with Crippen LogP contribution in [0.1, 0.15) is 11.9 Å². The highest BCUT2D eigenvalue weighted by molar-refractivity contribution is 8.00. The molecular weight excluding hydrogens is 472 g/mol. The Balaban J connectivity index is 1.59. The van der Waals surface area contributed by atoms with Gasteiger partial charge in [-0.05, 0) is 42.6 Å². The second kappa shape index (κ2) is 8.83. The minimum Gasteiger partial charge on any atom is -0.510 e. The smallest absolute Gasteiger partial charge is 0.267 e. The quantitative estimate of drug-likeness (QED) is 0.141. The number of nitrogens with zero attached hydrogens (tertiary/aromatic N) is 4. The maximum absolute atomic E-state index is 13.3. The standard InChI is InChI=1S/C24H16N4O2S3/c1-14(20(29)17(13-25)22-26-18-9-5-6-10-19(18)33-22)32-24-27-21-16(11-12-31-21)23(30)28(24)15-7-3-2-4-8-15/h2-12,14,29H,1H3/b20-17-. The minimum absolute atomic E-state index is 0.0957. The fourth-order valence-electron chi connectivity index (χ4n) is 3.39. The zero-order chi connectivity index (χ0) is 22.9. The maximum atomic E-state index is 13.3. The number of aliphatic hydroxyl groups excluding tert-OH is 1. The first-order valence-corrected chi connectivity index (χ1v) is 12.6. The van der Waals surface area contributed by atoms with Gasteiger partial charge in [0.1, 0.15) is 27.2 Å². The number of nitriles is 1. The third kappa shape index (κ3) is 3.93. The summed E-state index contributed by atoms with van der Waals surface area (Å²) in [5.41, 5.74) is 1.42. The first kappa shape index (κ1) is 21.4. The molecule has 33 heavy (non-hydrogen) atoms. The fourth-order valence-corrected chi connectivity index (χ4v) is 6.15. The van der Waals surface area contributed by atoms with Crippen LogP contribution in [0.25, 0.3) is 31.7 Å². The number of hydrogen-bond donors (Lipinski definition) is 1. The molecule has 0 aliphatic carbocycles. The summed E-state index contributed by atoms with van der Waals surface area (Å²) in [5.74, 6) is -0.0957. The highest BCUT2D eigenvalue weighted by atomic mass is 32.2. The molecule has 0 saturated heterocycles. The van der Waals surface area contributed by atoms with Crippen molar-refractivity contribution in [2.24, 2.45) is 0 Å². The van der Waals surface area contributed by atoms with Crippen molar-refractivity contribution in [3.8, 4) is 11.8 Å². The molecule has 5 aromatic rings. The van der Waals surface area contributed by atoms with E-state index in [1.165, 1.54) is 34.4 Å². The predicted molar refractivity (Wildman–Crippen MR) is 135 cm³/mol. The van der Waals surface area contributed by atoms with Crippen molar-refractivity contribution < 1.29 is 5.11 Å². The van der Waals surface area contributed by atoms with E-state index in [1.54, 1.807) is 17.6 Å². The van der Waals surface area contributed by atoms with Crippen molar-refractivity contribution in [2.45, 2.75) is 17.3 Å². The lowest BCUT2D eigenvalue weighted by Crippen LogP contribution is -2.22. The third-order valence-corrected chi connectivity index (χ3v) is 7.95. The molecule has 6 nitrogen and oxygen atoms in total. The first-order chi connectivity index (χ1) is 16.1. The molecule has 0 spiro atoms. The number of rotatable bonds is 5. The van der Waals surface area contributed by atoms with E-state index in [1.807, 2.05) is 60.0 Å². The Labute approximate surface area is 201 Å². The zero-order valence-electron chi connectivity index (χ0n) is 17.3. The van der Waals surface area contributed by atoms with Gasteiger partial charge in [-0.2, -0.15) is 5.26 Å². The van der Waals surface area contributed by atoms with Crippen molar-refractivity contribution in [3.05, 3.63) is 87.2 Å². The number of para-hydroxylation sites is 2. The molecule has 0 aliphatic rings. The topological polar surface area (TPSA) is 91.8 Å². The van der Waals surface area contributed by atoms with Crippen molar-refractivity contribution >= 4 is 60.4 Å². The molecule has 9 heteroatoms. The molecule has 1 unspecified atom stereocenters. The van der Waals surface area contributed by atoms with Crippen LogP contribution in [0.15, 0.2) is 81.8 Å². The summed E-state index contributed by atoms with van der Waals surface area (Å²) in [5, 5.41) is 23.6. The van der Waals surface area contributed by atoms with Gasteiger partial charge in [0, 0.05) is 0 Å². The molecule has 0 radical (unpaired) electrons. The van der Waals surface area contributed by atoms with Crippen molar-refractivity contribution in [1.29, 1.82) is 5.26 Å². The van der Waals surface area contributed by atoms with Crippen molar-refractivity contribution in [1.82, 2.24) is 14.5 Å². The van der Waals surface area contributed by atoms with E-state index in [4.69, 9.17) is 4.98 Å². The average molecular weight is 489 g/mol. The molecule has 5 rings (SSSR count). The number of hydrogen-bond acceptors (Lipinski definition) is 8. The highest BCUT2D eigenvalue weighted by Crippen LogP contribution is 2.34. The van der Waals surface area contributed by atoms with Gasteiger partial charge in [0.2, 0.25) is 0 Å². The molecule has 1 atom stereocenters. The summed E-state index contributed by atoms with van der Waals surface area (Å²) < 4.78 is 2.49. The lowest BCUT2D eigenvalue weighted by atomic mass is 10.2. The molecular formula is C24H16N4O2S3. The lowest BCUT2D eigenvalue weighted by Gasteiger charge is -2.16. The summed E-state index contributed by atoms with van der Waals surface area (Å²) in [6.45, 7) is 1.78. The molecule has 0 aliphatic heterocycles. The van der Waals surface area contributed by atoms with Crippen LogP contribution in [-0.4, -0.2) is 24.9 Å². The average Bonchev–Trinajstić information content (AvgIpc) is 3.47. The van der Waals surface area contributed by atoms with E-state index < -0.39 is 5.25 Å². The van der Waals surface area contributed by atoms with Crippen LogP contribution in [0.5, 0.6) is 0 Å². The first-order valence-electron chi connectivity index (χ1n) is 9.98.